The van der Waals surface area contributed by atoms with E-state index < -0.39 is 18.6 Å². The molecule has 0 aliphatic heterocycles. The highest BCUT2D eigenvalue weighted by Gasteiger charge is 2.30. The van der Waals surface area contributed by atoms with Crippen LogP contribution < -0.4 is 9.47 Å². The van der Waals surface area contributed by atoms with Gasteiger partial charge in [0.1, 0.15) is 23.4 Å². The number of ether oxygens (including phenoxy) is 2. The molecule has 3 aromatic rings. The minimum absolute atomic E-state index is 0.0280. The second-order valence-electron chi connectivity index (χ2n) is 7.64. The first-order valence-electron chi connectivity index (χ1n) is 10.5. The lowest BCUT2D eigenvalue weighted by Gasteiger charge is -2.29. The minimum Gasteiger partial charge on any atom is -0.508 e. The maximum Gasteiger partial charge on any atom is 0.159 e. The van der Waals surface area contributed by atoms with E-state index in [-0.39, 0.29) is 24.7 Å². The molecule has 0 radical (unpaired) electrons. The van der Waals surface area contributed by atoms with Crippen LogP contribution in [0.5, 0.6) is 17.2 Å². The van der Waals surface area contributed by atoms with Gasteiger partial charge in [-0.1, -0.05) is 24.3 Å². The maximum atomic E-state index is 11.7. The SMILES string of the molecule is COc1ccc(C(c2ccccc2O)C(CO)Oc2ccc(C(C)=O)cc2CO)cc1CO. The Morgan fingerprint density at radius 1 is 0.909 bits per heavy atom. The molecule has 2 unspecified atom stereocenters. The first kappa shape index (κ1) is 24.3. The summed E-state index contributed by atoms with van der Waals surface area (Å²) in [5.41, 5.74) is 2.60. The summed E-state index contributed by atoms with van der Waals surface area (Å²) in [6.45, 7) is 0.423. The van der Waals surface area contributed by atoms with Gasteiger partial charge in [-0.2, -0.15) is 0 Å². The highest BCUT2D eigenvalue weighted by Crippen LogP contribution is 2.38. The second kappa shape index (κ2) is 11.0. The fourth-order valence-electron chi connectivity index (χ4n) is 3.87. The van der Waals surface area contributed by atoms with Crippen LogP contribution in [0.2, 0.25) is 0 Å². The zero-order chi connectivity index (χ0) is 24.0. The summed E-state index contributed by atoms with van der Waals surface area (Å²) in [6, 6.07) is 16.7. The molecule has 7 nitrogen and oxygen atoms in total. The van der Waals surface area contributed by atoms with Crippen LogP contribution in [-0.4, -0.2) is 46.0 Å². The summed E-state index contributed by atoms with van der Waals surface area (Å²) < 4.78 is 11.4. The van der Waals surface area contributed by atoms with Crippen molar-refractivity contribution in [1.29, 1.82) is 0 Å². The molecule has 0 spiro atoms. The van der Waals surface area contributed by atoms with Gasteiger partial charge >= 0.3 is 0 Å². The van der Waals surface area contributed by atoms with Gasteiger partial charge in [0.05, 0.1) is 32.8 Å². The molecule has 0 bridgehead atoms. The number of aliphatic hydroxyl groups excluding tert-OH is 3. The van der Waals surface area contributed by atoms with Gasteiger partial charge in [-0.05, 0) is 48.9 Å². The van der Waals surface area contributed by atoms with E-state index in [0.29, 0.717) is 39.3 Å². The Hall–Kier alpha value is -3.39. The summed E-state index contributed by atoms with van der Waals surface area (Å²) in [7, 11) is 1.51. The monoisotopic (exact) mass is 452 g/mol. The molecule has 0 amide bonds. The Kier molecular flexibility index (Phi) is 8.06. The van der Waals surface area contributed by atoms with Gasteiger partial charge in [-0.15, -0.1) is 0 Å². The fourth-order valence-corrected chi connectivity index (χ4v) is 3.87. The fraction of sp³-hybridized carbons (Fsp3) is 0.269. The van der Waals surface area contributed by atoms with Crippen molar-refractivity contribution in [1.82, 2.24) is 0 Å². The van der Waals surface area contributed by atoms with Crippen molar-refractivity contribution in [3.05, 3.63) is 88.5 Å². The number of aromatic hydroxyl groups is 1. The Bertz CT molecular complexity index is 1110. The number of hydrogen-bond donors (Lipinski definition) is 4. The first-order chi connectivity index (χ1) is 15.9. The van der Waals surface area contributed by atoms with Crippen LogP contribution in [0.4, 0.5) is 0 Å². The van der Waals surface area contributed by atoms with Crippen LogP contribution in [0.1, 0.15) is 45.5 Å². The van der Waals surface area contributed by atoms with Crippen LogP contribution in [-0.2, 0) is 13.2 Å². The largest absolute Gasteiger partial charge is 0.508 e. The van der Waals surface area contributed by atoms with Crippen LogP contribution in [0.25, 0.3) is 0 Å². The zero-order valence-electron chi connectivity index (χ0n) is 18.6. The van der Waals surface area contributed by atoms with Crippen molar-refractivity contribution in [2.24, 2.45) is 0 Å². The third-order valence-corrected chi connectivity index (χ3v) is 5.57. The Labute approximate surface area is 192 Å². The molecule has 33 heavy (non-hydrogen) atoms. The van der Waals surface area contributed by atoms with Crippen molar-refractivity contribution in [2.75, 3.05) is 13.7 Å². The Morgan fingerprint density at radius 2 is 1.58 bits per heavy atom. The summed E-state index contributed by atoms with van der Waals surface area (Å²) >= 11 is 0. The number of carbonyl (C=O) groups is 1. The van der Waals surface area contributed by atoms with Crippen molar-refractivity contribution < 1.29 is 34.7 Å². The molecule has 0 saturated carbocycles. The van der Waals surface area contributed by atoms with E-state index in [1.54, 1.807) is 60.7 Å². The van der Waals surface area contributed by atoms with Gasteiger partial charge < -0.3 is 29.9 Å². The number of methoxy groups -OCH3 is 1. The quantitative estimate of drug-likeness (QED) is 0.349. The predicted octanol–water partition coefficient (Wildman–Crippen LogP) is 3.16. The van der Waals surface area contributed by atoms with E-state index in [1.165, 1.54) is 14.0 Å². The van der Waals surface area contributed by atoms with Gasteiger partial charge in [0.15, 0.2) is 5.78 Å². The minimum atomic E-state index is -0.855. The summed E-state index contributed by atoms with van der Waals surface area (Å²) in [6.07, 6.45) is -0.855. The molecule has 4 N–H and O–H groups in total. The number of rotatable bonds is 10. The number of aliphatic hydroxyl groups is 3. The van der Waals surface area contributed by atoms with E-state index >= 15 is 0 Å². The number of carbonyl (C=O) groups excluding carboxylic acids is 1. The van der Waals surface area contributed by atoms with Crippen molar-refractivity contribution in [3.8, 4) is 17.2 Å². The normalized spacial score (nSPS) is 12.8. The zero-order valence-corrected chi connectivity index (χ0v) is 18.6. The summed E-state index contributed by atoms with van der Waals surface area (Å²) in [5.74, 6) is 0.0995. The standard InChI is InChI=1S/C26H28O7/c1-16(30)17-7-10-24(20(11-17)14-28)33-25(15-29)26(21-5-3-4-6-22(21)31)18-8-9-23(32-2)19(12-18)13-27/h3-12,25-29,31H,13-15H2,1-2H3. The molecular formula is C26H28O7. The Morgan fingerprint density at radius 3 is 2.18 bits per heavy atom. The lowest BCUT2D eigenvalue weighted by atomic mass is 9.85. The lowest BCUT2D eigenvalue weighted by molar-refractivity contribution is 0.0987. The number of phenolic OH excluding ortho intramolecular Hbond substituents is 1. The third-order valence-electron chi connectivity index (χ3n) is 5.57. The Balaban J connectivity index is 2.10. The van der Waals surface area contributed by atoms with Gasteiger partial charge in [0.2, 0.25) is 0 Å². The number of para-hydroxylation sites is 1. The molecule has 3 aromatic carbocycles. The number of phenols is 1. The number of benzene rings is 3. The van der Waals surface area contributed by atoms with Gasteiger partial charge in [0.25, 0.3) is 0 Å². The maximum absolute atomic E-state index is 11.7. The first-order valence-corrected chi connectivity index (χ1v) is 10.5. The molecule has 174 valence electrons. The highest BCUT2D eigenvalue weighted by molar-refractivity contribution is 5.94. The van der Waals surface area contributed by atoms with Crippen LogP contribution in [0.3, 0.4) is 0 Å². The van der Waals surface area contributed by atoms with Crippen LogP contribution in [0, 0.1) is 0 Å². The molecule has 0 saturated heterocycles. The summed E-state index contributed by atoms with van der Waals surface area (Å²) in [5, 5.41) is 40.5. The van der Waals surface area contributed by atoms with E-state index in [1.807, 2.05) is 0 Å². The van der Waals surface area contributed by atoms with Gasteiger partial charge in [-0.25, -0.2) is 0 Å². The molecular weight excluding hydrogens is 424 g/mol. The molecule has 3 rings (SSSR count). The molecule has 2 atom stereocenters. The van der Waals surface area contributed by atoms with E-state index in [2.05, 4.69) is 0 Å². The molecule has 0 aliphatic rings. The van der Waals surface area contributed by atoms with E-state index in [9.17, 15) is 25.2 Å². The van der Waals surface area contributed by atoms with Crippen molar-refractivity contribution in [3.63, 3.8) is 0 Å². The van der Waals surface area contributed by atoms with Gasteiger partial charge in [-0.3, -0.25) is 4.79 Å². The van der Waals surface area contributed by atoms with Crippen molar-refractivity contribution in [2.45, 2.75) is 32.2 Å². The number of Topliss-reactive ketones (excluding diaryl/α,β-unsaturated/α-hetero) is 1. The third kappa shape index (κ3) is 5.34. The smallest absolute Gasteiger partial charge is 0.159 e. The van der Waals surface area contributed by atoms with E-state index in [0.717, 1.165) is 0 Å². The van der Waals surface area contributed by atoms with Crippen LogP contribution >= 0.6 is 0 Å². The second-order valence-corrected chi connectivity index (χ2v) is 7.64. The number of hydrogen-bond acceptors (Lipinski definition) is 7. The molecule has 0 heterocycles. The molecule has 7 heteroatoms. The van der Waals surface area contributed by atoms with Crippen LogP contribution in [0.15, 0.2) is 60.7 Å². The van der Waals surface area contributed by atoms with Gasteiger partial charge in [0, 0.05) is 22.3 Å². The highest BCUT2D eigenvalue weighted by atomic mass is 16.5. The number of ketones is 1. The van der Waals surface area contributed by atoms with Crippen molar-refractivity contribution >= 4 is 5.78 Å². The van der Waals surface area contributed by atoms with E-state index in [4.69, 9.17) is 9.47 Å². The molecule has 0 aromatic heterocycles. The topological polar surface area (TPSA) is 116 Å². The molecule has 0 aliphatic carbocycles. The lowest BCUT2D eigenvalue weighted by Crippen LogP contribution is -2.30. The average molecular weight is 453 g/mol. The average Bonchev–Trinajstić information content (AvgIpc) is 2.84. The molecule has 0 fully saturated rings. The predicted molar refractivity (Wildman–Crippen MR) is 123 cm³/mol. The summed E-state index contributed by atoms with van der Waals surface area (Å²) in [4.78, 5) is 11.7.